The smallest absolute Gasteiger partial charge is 0.254 e. The van der Waals surface area contributed by atoms with Crippen molar-refractivity contribution in [3.05, 3.63) is 23.9 Å². The molecule has 3 rings (SSSR count). The Morgan fingerprint density at radius 2 is 1.86 bits per heavy atom. The van der Waals surface area contributed by atoms with Gasteiger partial charge in [-0.05, 0) is 57.6 Å². The second-order valence-corrected chi connectivity index (χ2v) is 8.56. The third-order valence-corrected chi connectivity index (χ3v) is 6.28. The van der Waals surface area contributed by atoms with Crippen molar-refractivity contribution in [2.75, 3.05) is 13.1 Å². The summed E-state index contributed by atoms with van der Waals surface area (Å²) in [4.78, 5) is 31.5. The summed E-state index contributed by atoms with van der Waals surface area (Å²) in [7, 11) is 0. The summed E-state index contributed by atoms with van der Waals surface area (Å²) >= 11 is 1.37. The van der Waals surface area contributed by atoms with Crippen molar-refractivity contribution in [1.82, 2.24) is 15.2 Å². The van der Waals surface area contributed by atoms with Gasteiger partial charge < -0.3 is 16.0 Å². The van der Waals surface area contributed by atoms with Crippen molar-refractivity contribution in [2.24, 2.45) is 5.73 Å². The summed E-state index contributed by atoms with van der Waals surface area (Å²) in [6.45, 7) is 3.57. The number of hydrogen-bond acceptors (Lipinski definition) is 5. The summed E-state index contributed by atoms with van der Waals surface area (Å²) in [5.74, 6) is 0.0210. The first-order chi connectivity index (χ1) is 12.5. The summed E-state index contributed by atoms with van der Waals surface area (Å²) in [6, 6.07) is 3.98. The minimum Gasteiger partial charge on any atom is -0.349 e. The zero-order chi connectivity index (χ0) is 18.5. The fraction of sp³-hybridized carbons (Fsp3) is 0.632. The van der Waals surface area contributed by atoms with E-state index in [1.807, 2.05) is 11.8 Å². The summed E-state index contributed by atoms with van der Waals surface area (Å²) in [5.41, 5.74) is 6.49. The lowest BCUT2D eigenvalue weighted by Crippen LogP contribution is -2.40. The molecule has 2 amide bonds. The third-order valence-electron chi connectivity index (χ3n) is 5.18. The predicted octanol–water partition coefficient (Wildman–Crippen LogP) is 3.03. The van der Waals surface area contributed by atoms with Crippen LogP contribution in [-0.2, 0) is 4.79 Å². The largest absolute Gasteiger partial charge is 0.349 e. The highest BCUT2D eigenvalue weighted by molar-refractivity contribution is 8.00. The van der Waals surface area contributed by atoms with Crippen LogP contribution in [0.1, 0.15) is 55.8 Å². The molecule has 1 aromatic heterocycles. The number of nitrogens with one attached hydrogen (secondary N) is 1. The third kappa shape index (κ3) is 6.51. The van der Waals surface area contributed by atoms with Gasteiger partial charge in [-0.15, -0.1) is 24.8 Å². The van der Waals surface area contributed by atoms with Crippen LogP contribution in [0.25, 0.3) is 0 Å². The number of thioether (sulfide) groups is 1. The van der Waals surface area contributed by atoms with Crippen molar-refractivity contribution in [1.29, 1.82) is 0 Å². The van der Waals surface area contributed by atoms with Gasteiger partial charge in [0.2, 0.25) is 5.91 Å². The molecule has 0 spiro atoms. The van der Waals surface area contributed by atoms with Crippen molar-refractivity contribution in [3.8, 4) is 0 Å². The van der Waals surface area contributed by atoms with Gasteiger partial charge in [-0.3, -0.25) is 9.59 Å². The number of likely N-dealkylation sites (tertiary alicyclic amines) is 1. The van der Waals surface area contributed by atoms with Crippen LogP contribution in [0.2, 0.25) is 0 Å². The van der Waals surface area contributed by atoms with Gasteiger partial charge in [0.1, 0.15) is 5.03 Å². The zero-order valence-corrected chi connectivity index (χ0v) is 18.6. The first-order valence-corrected chi connectivity index (χ1v) is 10.4. The topological polar surface area (TPSA) is 88.3 Å². The average Bonchev–Trinajstić information content (AvgIpc) is 3.18. The van der Waals surface area contributed by atoms with Crippen molar-refractivity contribution < 1.29 is 9.59 Å². The maximum Gasteiger partial charge on any atom is 0.254 e. The summed E-state index contributed by atoms with van der Waals surface area (Å²) in [6.07, 6.45) is 7.55. The van der Waals surface area contributed by atoms with E-state index in [0.717, 1.165) is 51.6 Å². The Morgan fingerprint density at radius 1 is 1.21 bits per heavy atom. The number of nitrogens with zero attached hydrogens (tertiary/aromatic N) is 2. The highest BCUT2D eigenvalue weighted by atomic mass is 35.5. The minimum absolute atomic E-state index is 0. The highest BCUT2D eigenvalue weighted by Gasteiger charge is 2.27. The first-order valence-electron chi connectivity index (χ1n) is 9.51. The van der Waals surface area contributed by atoms with E-state index in [1.54, 1.807) is 18.3 Å². The molecule has 0 radical (unpaired) electrons. The molecule has 1 aliphatic heterocycles. The fourth-order valence-corrected chi connectivity index (χ4v) is 4.59. The molecule has 1 aromatic rings. The van der Waals surface area contributed by atoms with Gasteiger partial charge in [0.25, 0.3) is 5.91 Å². The van der Waals surface area contributed by atoms with Gasteiger partial charge in [0, 0.05) is 31.4 Å². The maximum atomic E-state index is 12.7. The Morgan fingerprint density at radius 3 is 2.50 bits per heavy atom. The molecule has 9 heteroatoms. The van der Waals surface area contributed by atoms with Gasteiger partial charge in [-0.2, -0.15) is 0 Å². The lowest BCUT2D eigenvalue weighted by Gasteiger charge is -2.27. The molecule has 2 fully saturated rings. The number of amides is 2. The summed E-state index contributed by atoms with van der Waals surface area (Å²) in [5, 5.41) is 3.49. The Labute approximate surface area is 183 Å². The number of rotatable bonds is 5. The van der Waals surface area contributed by atoms with Gasteiger partial charge >= 0.3 is 0 Å². The van der Waals surface area contributed by atoms with E-state index in [0.29, 0.717) is 10.6 Å². The van der Waals surface area contributed by atoms with E-state index < -0.39 is 0 Å². The van der Waals surface area contributed by atoms with E-state index in [1.165, 1.54) is 11.8 Å². The van der Waals surface area contributed by atoms with Crippen LogP contribution in [0.4, 0.5) is 0 Å². The molecular formula is C19H30Cl2N4O2S. The SMILES string of the molecule is CC(Sc1ncccc1C(=O)NC1CCC(N)CC1)C(=O)N1CCCC1.Cl.Cl. The van der Waals surface area contributed by atoms with E-state index in [9.17, 15) is 9.59 Å². The number of carbonyl (C=O) groups excluding carboxylic acids is 2. The molecule has 1 aliphatic carbocycles. The first kappa shape index (κ1) is 25.0. The molecule has 2 heterocycles. The minimum atomic E-state index is -0.248. The Kier molecular flexibility index (Phi) is 10.6. The van der Waals surface area contributed by atoms with Gasteiger partial charge in [0.15, 0.2) is 0 Å². The van der Waals surface area contributed by atoms with Crippen molar-refractivity contribution in [2.45, 2.75) is 67.8 Å². The monoisotopic (exact) mass is 448 g/mol. The van der Waals surface area contributed by atoms with Gasteiger partial charge in [-0.1, -0.05) is 11.8 Å². The van der Waals surface area contributed by atoms with Crippen LogP contribution in [0.15, 0.2) is 23.4 Å². The number of pyridine rings is 1. The second kappa shape index (κ2) is 11.9. The average molecular weight is 449 g/mol. The van der Waals surface area contributed by atoms with Crippen LogP contribution < -0.4 is 11.1 Å². The number of hydrogen-bond donors (Lipinski definition) is 2. The Hall–Kier alpha value is -1.02. The standard InChI is InChI=1S/C19H28N4O2S.2ClH/c1-13(19(25)23-11-2-3-12-23)26-18-16(5-4-10-21-18)17(24)22-15-8-6-14(20)7-9-15;;/h4-5,10,13-15H,2-3,6-9,11-12,20H2,1H3,(H,22,24);2*1H. The molecule has 2 aliphatic rings. The molecular weight excluding hydrogens is 419 g/mol. The lowest BCUT2D eigenvalue weighted by molar-refractivity contribution is -0.129. The molecule has 1 unspecified atom stereocenters. The lowest BCUT2D eigenvalue weighted by atomic mass is 9.92. The highest BCUT2D eigenvalue weighted by Crippen LogP contribution is 2.27. The normalized spacial score (nSPS) is 22.6. The predicted molar refractivity (Wildman–Crippen MR) is 118 cm³/mol. The number of carbonyl (C=O) groups is 2. The zero-order valence-electron chi connectivity index (χ0n) is 16.1. The molecule has 3 N–H and O–H groups in total. The van der Waals surface area contributed by atoms with E-state index >= 15 is 0 Å². The quantitative estimate of drug-likeness (QED) is 0.675. The molecule has 28 heavy (non-hydrogen) atoms. The van der Waals surface area contributed by atoms with Gasteiger partial charge in [-0.25, -0.2) is 4.98 Å². The number of halogens is 2. The van der Waals surface area contributed by atoms with Crippen molar-refractivity contribution >= 4 is 48.4 Å². The Balaban J connectivity index is 0.00000196. The summed E-state index contributed by atoms with van der Waals surface area (Å²) < 4.78 is 0. The van der Waals surface area contributed by atoms with E-state index in [2.05, 4.69) is 10.3 Å². The molecule has 1 saturated carbocycles. The number of aromatic nitrogens is 1. The molecule has 1 saturated heterocycles. The molecule has 6 nitrogen and oxygen atoms in total. The van der Waals surface area contributed by atoms with Crippen molar-refractivity contribution in [3.63, 3.8) is 0 Å². The number of nitrogens with two attached hydrogens (primary N) is 1. The maximum absolute atomic E-state index is 12.7. The van der Waals surface area contributed by atoms with E-state index in [-0.39, 0.29) is 54.0 Å². The van der Waals surface area contributed by atoms with Crippen LogP contribution in [0.3, 0.4) is 0 Å². The Bertz CT molecular complexity index is 651. The van der Waals surface area contributed by atoms with Crippen LogP contribution in [0, 0.1) is 0 Å². The fourth-order valence-electron chi connectivity index (χ4n) is 3.60. The van der Waals surface area contributed by atoms with Crippen LogP contribution in [0.5, 0.6) is 0 Å². The van der Waals surface area contributed by atoms with Gasteiger partial charge in [0.05, 0.1) is 10.8 Å². The molecule has 1 atom stereocenters. The molecule has 0 bridgehead atoms. The second-order valence-electron chi connectivity index (χ2n) is 7.23. The molecule has 0 aromatic carbocycles. The molecule has 158 valence electrons. The van der Waals surface area contributed by atoms with Crippen LogP contribution >= 0.6 is 36.6 Å². The van der Waals surface area contributed by atoms with Crippen LogP contribution in [-0.4, -0.2) is 52.1 Å². The van der Waals surface area contributed by atoms with E-state index in [4.69, 9.17) is 5.73 Å².